The largest absolute Gasteiger partial charge is 0.444 e. The first-order valence-corrected chi connectivity index (χ1v) is 8.95. The number of fused-ring (bicyclic) bond motifs is 1. The summed E-state index contributed by atoms with van der Waals surface area (Å²) in [4.78, 5) is 38.4. The van der Waals surface area contributed by atoms with Gasteiger partial charge in [0, 0.05) is 25.7 Å². The quantitative estimate of drug-likeness (QED) is 0.825. The zero-order chi connectivity index (χ0) is 19.8. The summed E-state index contributed by atoms with van der Waals surface area (Å²) in [5, 5.41) is 3.31. The highest BCUT2D eigenvalue weighted by molar-refractivity contribution is 5.95. The van der Waals surface area contributed by atoms with Gasteiger partial charge in [-0.1, -0.05) is 0 Å². The zero-order valence-corrected chi connectivity index (χ0v) is 16.0. The van der Waals surface area contributed by atoms with Gasteiger partial charge in [0.25, 0.3) is 5.91 Å². The number of imidazole rings is 1. The van der Waals surface area contributed by atoms with Crippen molar-refractivity contribution < 1.29 is 14.3 Å². The Bertz CT molecular complexity index is 871. The summed E-state index contributed by atoms with van der Waals surface area (Å²) >= 11 is 0. The third-order valence-corrected chi connectivity index (χ3v) is 4.25. The van der Waals surface area contributed by atoms with E-state index in [1.54, 1.807) is 9.47 Å². The Morgan fingerprint density at radius 2 is 2.11 bits per heavy atom. The van der Waals surface area contributed by atoms with Crippen LogP contribution in [0.1, 0.15) is 44.7 Å². The number of aryl methyl sites for hydroxylation is 1. The van der Waals surface area contributed by atoms with Gasteiger partial charge in [0.2, 0.25) is 5.82 Å². The number of primary amides is 1. The first-order chi connectivity index (χ1) is 12.7. The van der Waals surface area contributed by atoms with Crippen molar-refractivity contribution in [2.45, 2.75) is 52.3 Å². The maximum Gasteiger partial charge on any atom is 0.410 e. The topological polar surface area (TPSA) is 128 Å². The average Bonchev–Trinajstić information content (AvgIpc) is 3.18. The number of nitrogens with one attached hydrogen (secondary N) is 1. The third kappa shape index (κ3) is 3.93. The van der Waals surface area contributed by atoms with Crippen molar-refractivity contribution in [3.8, 4) is 0 Å². The van der Waals surface area contributed by atoms with Gasteiger partial charge in [-0.3, -0.25) is 4.79 Å². The summed E-state index contributed by atoms with van der Waals surface area (Å²) < 4.78 is 7.08. The Labute approximate surface area is 157 Å². The molecule has 0 aromatic carbocycles. The maximum absolute atomic E-state index is 12.2. The maximum atomic E-state index is 12.2. The van der Waals surface area contributed by atoms with Gasteiger partial charge in [-0.25, -0.2) is 19.7 Å². The predicted octanol–water partition coefficient (Wildman–Crippen LogP) is 1.37. The number of anilines is 1. The highest BCUT2D eigenvalue weighted by Gasteiger charge is 2.30. The van der Waals surface area contributed by atoms with Gasteiger partial charge in [0.05, 0.1) is 0 Å². The second kappa shape index (κ2) is 7.01. The average molecular weight is 375 g/mol. The lowest BCUT2D eigenvalue weighted by Gasteiger charge is -2.24. The van der Waals surface area contributed by atoms with Crippen LogP contribution < -0.4 is 11.1 Å². The van der Waals surface area contributed by atoms with Crippen molar-refractivity contribution in [3.63, 3.8) is 0 Å². The fourth-order valence-electron chi connectivity index (χ4n) is 3.09. The number of carbonyl (C=O) groups excluding carboxylic acids is 2. The molecule has 2 aromatic rings. The molecule has 10 nitrogen and oxygen atoms in total. The molecule has 0 radical (unpaired) electrons. The monoisotopic (exact) mass is 375 g/mol. The minimum Gasteiger partial charge on any atom is -0.444 e. The van der Waals surface area contributed by atoms with Gasteiger partial charge in [0.15, 0.2) is 17.0 Å². The molecule has 146 valence electrons. The van der Waals surface area contributed by atoms with Crippen LogP contribution in [0.5, 0.6) is 0 Å². The highest BCUT2D eigenvalue weighted by atomic mass is 16.6. The van der Waals surface area contributed by atoms with Crippen LogP contribution in [0.2, 0.25) is 0 Å². The number of nitrogens with zero attached hydrogens (tertiary/aromatic N) is 5. The van der Waals surface area contributed by atoms with Crippen LogP contribution in [0, 0.1) is 0 Å². The lowest BCUT2D eigenvalue weighted by Crippen LogP contribution is -2.36. The molecule has 3 heterocycles. The van der Waals surface area contributed by atoms with Crippen LogP contribution >= 0.6 is 0 Å². The van der Waals surface area contributed by atoms with E-state index in [4.69, 9.17) is 10.5 Å². The molecule has 1 unspecified atom stereocenters. The summed E-state index contributed by atoms with van der Waals surface area (Å²) in [7, 11) is 0. The summed E-state index contributed by atoms with van der Waals surface area (Å²) in [5.74, 6) is 0.0568. The van der Waals surface area contributed by atoms with Crippen molar-refractivity contribution in [2.24, 2.45) is 5.73 Å². The Hall–Kier alpha value is -2.91. The summed E-state index contributed by atoms with van der Waals surface area (Å²) in [5.41, 5.74) is 5.93. The Morgan fingerprint density at radius 1 is 1.37 bits per heavy atom. The molecule has 3 N–H and O–H groups in total. The number of ether oxygens (including phenoxy) is 1. The first-order valence-electron chi connectivity index (χ1n) is 8.95. The minimum absolute atomic E-state index is 0.000534. The fraction of sp³-hybridized carbons (Fsp3) is 0.588. The summed E-state index contributed by atoms with van der Waals surface area (Å²) in [6.07, 6.45) is 1.84. The molecule has 1 aliphatic heterocycles. The second-order valence-electron chi connectivity index (χ2n) is 7.49. The molecule has 1 fully saturated rings. The van der Waals surface area contributed by atoms with E-state index >= 15 is 0 Å². The van der Waals surface area contributed by atoms with E-state index in [-0.39, 0.29) is 18.0 Å². The lowest BCUT2D eigenvalue weighted by atomic mass is 10.2. The molecule has 1 atom stereocenters. The van der Waals surface area contributed by atoms with Gasteiger partial charge >= 0.3 is 6.09 Å². The smallest absolute Gasteiger partial charge is 0.410 e. The van der Waals surface area contributed by atoms with Crippen molar-refractivity contribution in [1.82, 2.24) is 24.4 Å². The normalized spacial score (nSPS) is 17.3. The standard InChI is InChI=1S/C17H25N7O3/c1-5-24-14-11(22-15(24)12(18)25)13(19-9-20-14)21-10-6-7-23(8-10)16(26)27-17(2,3)4/h9-10H,5-8H2,1-4H3,(H2,18,25)(H,19,20,21). The molecule has 1 saturated heterocycles. The van der Waals surface area contributed by atoms with E-state index in [9.17, 15) is 9.59 Å². The molecule has 0 aliphatic carbocycles. The van der Waals surface area contributed by atoms with Gasteiger partial charge in [-0.05, 0) is 34.1 Å². The van der Waals surface area contributed by atoms with E-state index in [1.807, 2.05) is 27.7 Å². The van der Waals surface area contributed by atoms with Crippen molar-refractivity contribution >= 4 is 29.0 Å². The van der Waals surface area contributed by atoms with E-state index < -0.39 is 11.5 Å². The predicted molar refractivity (Wildman–Crippen MR) is 99.3 cm³/mol. The van der Waals surface area contributed by atoms with E-state index in [0.29, 0.717) is 36.6 Å². The minimum atomic E-state index is -0.613. The zero-order valence-electron chi connectivity index (χ0n) is 16.0. The van der Waals surface area contributed by atoms with Crippen LogP contribution in [-0.4, -0.2) is 61.2 Å². The van der Waals surface area contributed by atoms with Gasteiger partial charge in [-0.2, -0.15) is 0 Å². The number of aromatic nitrogens is 4. The molecule has 0 bridgehead atoms. The number of amides is 2. The van der Waals surface area contributed by atoms with E-state index in [0.717, 1.165) is 6.42 Å². The number of rotatable bonds is 4. The highest BCUT2D eigenvalue weighted by Crippen LogP contribution is 2.23. The van der Waals surface area contributed by atoms with Crippen LogP contribution in [0.25, 0.3) is 11.2 Å². The fourth-order valence-corrected chi connectivity index (χ4v) is 3.09. The molecule has 0 spiro atoms. The van der Waals surface area contributed by atoms with Crippen molar-refractivity contribution in [2.75, 3.05) is 18.4 Å². The second-order valence-corrected chi connectivity index (χ2v) is 7.49. The van der Waals surface area contributed by atoms with Crippen LogP contribution in [0.4, 0.5) is 10.6 Å². The van der Waals surface area contributed by atoms with Crippen molar-refractivity contribution in [1.29, 1.82) is 0 Å². The molecule has 1 aliphatic rings. The van der Waals surface area contributed by atoms with Crippen LogP contribution in [0.15, 0.2) is 6.33 Å². The molecular weight excluding hydrogens is 350 g/mol. The van der Waals surface area contributed by atoms with E-state index in [1.165, 1.54) is 6.33 Å². The number of likely N-dealkylation sites (tertiary alicyclic amines) is 1. The molecule has 2 aromatic heterocycles. The number of carbonyl (C=O) groups is 2. The Balaban J connectivity index is 1.78. The molecule has 2 amide bonds. The third-order valence-electron chi connectivity index (χ3n) is 4.25. The molecule has 27 heavy (non-hydrogen) atoms. The van der Waals surface area contributed by atoms with Crippen molar-refractivity contribution in [3.05, 3.63) is 12.2 Å². The van der Waals surface area contributed by atoms with Crippen LogP contribution in [0.3, 0.4) is 0 Å². The SMILES string of the molecule is CCn1c(C(N)=O)nc2c(NC3CCN(C(=O)OC(C)(C)C)C3)ncnc21. The lowest BCUT2D eigenvalue weighted by molar-refractivity contribution is 0.0293. The molecule has 3 rings (SSSR count). The summed E-state index contributed by atoms with van der Waals surface area (Å²) in [6.45, 7) is 9.02. The Kier molecular flexibility index (Phi) is 4.90. The number of nitrogens with two attached hydrogens (primary N) is 1. The van der Waals surface area contributed by atoms with Gasteiger partial charge in [-0.15, -0.1) is 0 Å². The molecular formula is C17H25N7O3. The number of hydrogen-bond donors (Lipinski definition) is 2. The Morgan fingerprint density at radius 3 is 2.74 bits per heavy atom. The summed E-state index contributed by atoms with van der Waals surface area (Å²) in [6, 6.07) is -0.000534. The molecule has 10 heteroatoms. The number of hydrogen-bond acceptors (Lipinski definition) is 7. The van der Waals surface area contributed by atoms with Crippen LogP contribution in [-0.2, 0) is 11.3 Å². The van der Waals surface area contributed by atoms with Gasteiger partial charge in [0.1, 0.15) is 11.9 Å². The van der Waals surface area contributed by atoms with E-state index in [2.05, 4.69) is 20.3 Å². The van der Waals surface area contributed by atoms with Gasteiger partial charge < -0.3 is 25.3 Å². The molecule has 0 saturated carbocycles. The first kappa shape index (κ1) is 18.9.